The van der Waals surface area contributed by atoms with Gasteiger partial charge < -0.3 is 19.1 Å². The zero-order chi connectivity index (χ0) is 17.1. The minimum Gasteiger partial charge on any atom is -0.469 e. The summed E-state index contributed by atoms with van der Waals surface area (Å²) < 4.78 is 5.38. The maximum Gasteiger partial charge on any atom is 0.241 e. The van der Waals surface area contributed by atoms with E-state index in [-0.39, 0.29) is 30.3 Å². The van der Waals surface area contributed by atoms with Crippen molar-refractivity contribution < 1.29 is 14.0 Å². The Bertz CT molecular complexity index is 570. The van der Waals surface area contributed by atoms with Gasteiger partial charge in [0.2, 0.25) is 11.8 Å². The van der Waals surface area contributed by atoms with Gasteiger partial charge in [0.15, 0.2) is 0 Å². The SMILES string of the molecule is CN(C)C(=O)CN1C(=O)[C@@H]2CC[C@H]1CN(CCCc1ccco1)C2. The zero-order valence-corrected chi connectivity index (χ0v) is 14.6. The second-order valence-electron chi connectivity index (χ2n) is 7.12. The first kappa shape index (κ1) is 17.0. The Kier molecular flexibility index (Phi) is 5.23. The lowest BCUT2D eigenvalue weighted by Gasteiger charge is -2.36. The van der Waals surface area contributed by atoms with Gasteiger partial charge in [0, 0.05) is 39.6 Å². The molecule has 2 atom stereocenters. The topological polar surface area (TPSA) is 57.0 Å². The van der Waals surface area contributed by atoms with Crippen LogP contribution >= 0.6 is 0 Å². The highest BCUT2D eigenvalue weighted by molar-refractivity contribution is 5.86. The first-order valence-electron chi connectivity index (χ1n) is 8.80. The van der Waals surface area contributed by atoms with Gasteiger partial charge in [-0.25, -0.2) is 0 Å². The van der Waals surface area contributed by atoms with Crippen LogP contribution in [0.15, 0.2) is 22.8 Å². The van der Waals surface area contributed by atoms with Crippen LogP contribution in [0.1, 0.15) is 25.0 Å². The largest absolute Gasteiger partial charge is 0.469 e. The molecule has 4 rings (SSSR count). The number of hydrogen-bond acceptors (Lipinski definition) is 4. The van der Waals surface area contributed by atoms with Crippen LogP contribution in [-0.2, 0) is 16.0 Å². The fraction of sp³-hybridized carbons (Fsp3) is 0.667. The van der Waals surface area contributed by atoms with E-state index in [2.05, 4.69) is 4.90 Å². The fourth-order valence-corrected chi connectivity index (χ4v) is 3.74. The minimum atomic E-state index is 0.000249. The Morgan fingerprint density at radius 1 is 1.33 bits per heavy atom. The van der Waals surface area contributed by atoms with Crippen molar-refractivity contribution in [1.29, 1.82) is 0 Å². The van der Waals surface area contributed by atoms with E-state index < -0.39 is 0 Å². The van der Waals surface area contributed by atoms with Gasteiger partial charge in [-0.3, -0.25) is 9.59 Å². The smallest absolute Gasteiger partial charge is 0.241 e. The van der Waals surface area contributed by atoms with Gasteiger partial charge in [0.05, 0.1) is 12.2 Å². The molecule has 2 bridgehead atoms. The van der Waals surface area contributed by atoms with Crippen LogP contribution in [0.4, 0.5) is 0 Å². The van der Waals surface area contributed by atoms with Gasteiger partial charge >= 0.3 is 0 Å². The molecule has 3 aliphatic heterocycles. The van der Waals surface area contributed by atoms with E-state index in [0.717, 1.165) is 51.1 Å². The molecular formula is C18H27N3O3. The average molecular weight is 333 g/mol. The van der Waals surface area contributed by atoms with Crippen LogP contribution in [0.2, 0.25) is 0 Å². The molecule has 0 aromatic carbocycles. The van der Waals surface area contributed by atoms with Gasteiger partial charge in [-0.15, -0.1) is 0 Å². The number of rotatable bonds is 6. The molecule has 1 aromatic rings. The number of amides is 2. The second kappa shape index (κ2) is 7.38. The normalized spacial score (nSPS) is 24.2. The lowest BCUT2D eigenvalue weighted by molar-refractivity contribution is -0.145. The second-order valence-corrected chi connectivity index (χ2v) is 7.12. The van der Waals surface area contributed by atoms with Crippen molar-refractivity contribution in [2.75, 3.05) is 40.3 Å². The summed E-state index contributed by atoms with van der Waals surface area (Å²) in [5.74, 6) is 1.22. The molecule has 3 aliphatic rings. The lowest BCUT2D eigenvalue weighted by atomic mass is 9.94. The van der Waals surface area contributed by atoms with Crippen molar-refractivity contribution in [3.8, 4) is 0 Å². The minimum absolute atomic E-state index is 0.000249. The van der Waals surface area contributed by atoms with Crippen molar-refractivity contribution >= 4 is 11.8 Å². The number of aryl methyl sites for hydroxylation is 1. The maximum absolute atomic E-state index is 12.7. The molecule has 0 spiro atoms. The molecule has 4 heterocycles. The van der Waals surface area contributed by atoms with Crippen LogP contribution in [0.25, 0.3) is 0 Å². The molecule has 132 valence electrons. The summed E-state index contributed by atoms with van der Waals surface area (Å²) in [4.78, 5) is 30.5. The van der Waals surface area contributed by atoms with E-state index in [0.29, 0.717) is 0 Å². The van der Waals surface area contributed by atoms with Crippen LogP contribution < -0.4 is 0 Å². The Hall–Kier alpha value is -1.82. The van der Waals surface area contributed by atoms with Crippen molar-refractivity contribution in [3.05, 3.63) is 24.2 Å². The number of carbonyl (C=O) groups is 2. The summed E-state index contributed by atoms with van der Waals surface area (Å²) in [6.07, 6.45) is 5.61. The monoisotopic (exact) mass is 333 g/mol. The molecule has 0 N–H and O–H groups in total. The Balaban J connectivity index is 1.57. The molecule has 3 fully saturated rings. The van der Waals surface area contributed by atoms with E-state index in [1.807, 2.05) is 17.0 Å². The van der Waals surface area contributed by atoms with Gasteiger partial charge in [-0.2, -0.15) is 0 Å². The number of likely N-dealkylation sites (N-methyl/N-ethyl adjacent to an activating group) is 1. The number of hydrogen-bond donors (Lipinski definition) is 0. The predicted octanol–water partition coefficient (Wildman–Crippen LogP) is 1.22. The van der Waals surface area contributed by atoms with Gasteiger partial charge in [0.25, 0.3) is 0 Å². The summed E-state index contributed by atoms with van der Waals surface area (Å²) >= 11 is 0. The molecule has 3 saturated heterocycles. The van der Waals surface area contributed by atoms with Gasteiger partial charge in [-0.1, -0.05) is 0 Å². The van der Waals surface area contributed by atoms with Crippen LogP contribution in [0.5, 0.6) is 0 Å². The Morgan fingerprint density at radius 2 is 2.17 bits per heavy atom. The van der Waals surface area contributed by atoms with Gasteiger partial charge in [-0.05, 0) is 37.9 Å². The van der Waals surface area contributed by atoms with E-state index in [4.69, 9.17) is 4.42 Å². The first-order chi connectivity index (χ1) is 11.5. The summed E-state index contributed by atoms with van der Waals surface area (Å²) in [5, 5.41) is 0. The maximum atomic E-state index is 12.7. The average Bonchev–Trinajstić information content (AvgIpc) is 2.93. The Morgan fingerprint density at radius 3 is 2.88 bits per heavy atom. The highest BCUT2D eigenvalue weighted by Gasteiger charge is 2.41. The number of nitrogens with zero attached hydrogens (tertiary/aromatic N) is 3. The van der Waals surface area contributed by atoms with E-state index in [1.165, 1.54) is 0 Å². The van der Waals surface area contributed by atoms with Crippen LogP contribution in [0.3, 0.4) is 0 Å². The molecule has 0 unspecified atom stereocenters. The molecule has 6 nitrogen and oxygen atoms in total. The van der Waals surface area contributed by atoms with E-state index in [1.54, 1.807) is 25.3 Å². The molecule has 2 amide bonds. The first-order valence-corrected chi connectivity index (χ1v) is 8.80. The van der Waals surface area contributed by atoms with Crippen LogP contribution in [-0.4, -0.2) is 72.8 Å². The van der Waals surface area contributed by atoms with E-state index >= 15 is 0 Å². The van der Waals surface area contributed by atoms with Gasteiger partial charge in [0.1, 0.15) is 12.3 Å². The third-order valence-corrected chi connectivity index (χ3v) is 5.15. The third-order valence-electron chi connectivity index (χ3n) is 5.15. The summed E-state index contributed by atoms with van der Waals surface area (Å²) in [6.45, 7) is 2.88. The molecule has 24 heavy (non-hydrogen) atoms. The van der Waals surface area contributed by atoms with Crippen molar-refractivity contribution in [3.63, 3.8) is 0 Å². The van der Waals surface area contributed by atoms with E-state index in [9.17, 15) is 9.59 Å². The number of furan rings is 1. The molecule has 0 aliphatic carbocycles. The summed E-state index contributed by atoms with van der Waals surface area (Å²) in [6, 6.07) is 4.09. The fourth-order valence-electron chi connectivity index (χ4n) is 3.74. The molecule has 6 heteroatoms. The van der Waals surface area contributed by atoms with Crippen molar-refractivity contribution in [2.45, 2.75) is 31.7 Å². The number of carbonyl (C=O) groups excluding carboxylic acids is 2. The van der Waals surface area contributed by atoms with Crippen molar-refractivity contribution in [2.24, 2.45) is 5.92 Å². The molecule has 0 radical (unpaired) electrons. The Labute approximate surface area is 143 Å². The predicted molar refractivity (Wildman–Crippen MR) is 90.4 cm³/mol. The number of fused-ring (bicyclic) bond motifs is 4. The zero-order valence-electron chi connectivity index (χ0n) is 14.6. The molecule has 0 saturated carbocycles. The summed E-state index contributed by atoms with van der Waals surface area (Å²) in [5.41, 5.74) is 0. The van der Waals surface area contributed by atoms with Crippen molar-refractivity contribution in [1.82, 2.24) is 14.7 Å². The standard InChI is InChI=1S/C18H27N3O3/c1-19(2)17(22)13-21-15-8-7-14(18(21)23)11-20(12-15)9-3-5-16-6-4-10-24-16/h4,6,10,14-15H,3,5,7-9,11-13H2,1-2H3/t14-,15+/m1/s1. The lowest BCUT2D eigenvalue weighted by Crippen LogP contribution is -2.51. The quantitative estimate of drug-likeness (QED) is 0.785. The summed E-state index contributed by atoms with van der Waals surface area (Å²) in [7, 11) is 3.48. The number of piperidine rings is 1. The van der Waals surface area contributed by atoms with Crippen LogP contribution in [0, 0.1) is 5.92 Å². The highest BCUT2D eigenvalue weighted by Crippen LogP contribution is 2.29. The molecule has 1 aromatic heterocycles. The third kappa shape index (κ3) is 3.80. The molecular weight excluding hydrogens is 306 g/mol. The highest BCUT2D eigenvalue weighted by atomic mass is 16.3.